The summed E-state index contributed by atoms with van der Waals surface area (Å²) >= 11 is 3.44. The third-order valence-corrected chi connectivity index (χ3v) is 3.29. The summed E-state index contributed by atoms with van der Waals surface area (Å²) in [5, 5.41) is 0. The van der Waals surface area contributed by atoms with E-state index in [0.717, 1.165) is 15.7 Å². The van der Waals surface area contributed by atoms with E-state index >= 15 is 0 Å². The normalized spacial score (nSPS) is 11.5. The highest BCUT2D eigenvalue weighted by molar-refractivity contribution is 9.10. The van der Waals surface area contributed by atoms with Crippen molar-refractivity contribution in [3.63, 3.8) is 0 Å². The molecule has 0 fully saturated rings. The van der Waals surface area contributed by atoms with Crippen LogP contribution in [0, 0.1) is 0 Å². The first-order valence-electron chi connectivity index (χ1n) is 5.69. The minimum Gasteiger partial charge on any atom is -0.256 e. The lowest BCUT2D eigenvalue weighted by Crippen LogP contribution is -2.11. The molecule has 0 aliphatic carbocycles. The van der Waals surface area contributed by atoms with Crippen LogP contribution in [-0.2, 0) is 5.41 Å². The Morgan fingerprint density at radius 1 is 1.00 bits per heavy atom. The Bertz CT molecular complexity index is 509. The summed E-state index contributed by atoms with van der Waals surface area (Å²) < 4.78 is 1.09. The summed E-state index contributed by atoms with van der Waals surface area (Å²) in [6, 6.07) is 12.5. The van der Waals surface area contributed by atoms with Crippen LogP contribution in [0.1, 0.15) is 26.3 Å². The van der Waals surface area contributed by atoms with Crippen molar-refractivity contribution in [3.05, 3.63) is 52.6 Å². The number of benzene rings is 1. The standard InChI is InChI=1S/C15H16BrN/c1-15(2,3)12-8-9-17-14(10-12)11-4-6-13(16)7-5-11/h4-10H,1-3H3. The van der Waals surface area contributed by atoms with Crippen LogP contribution < -0.4 is 0 Å². The number of rotatable bonds is 1. The average molecular weight is 290 g/mol. The molecule has 0 amide bonds. The van der Waals surface area contributed by atoms with E-state index in [0.29, 0.717) is 0 Å². The Kier molecular flexibility index (Phi) is 3.34. The molecule has 1 aromatic carbocycles. The fraction of sp³-hybridized carbons (Fsp3) is 0.267. The van der Waals surface area contributed by atoms with E-state index in [2.05, 4.69) is 66.0 Å². The molecule has 0 saturated heterocycles. The van der Waals surface area contributed by atoms with Crippen LogP contribution >= 0.6 is 15.9 Å². The van der Waals surface area contributed by atoms with Gasteiger partial charge >= 0.3 is 0 Å². The largest absolute Gasteiger partial charge is 0.256 e. The molecule has 0 unspecified atom stereocenters. The molecular weight excluding hydrogens is 274 g/mol. The first-order valence-corrected chi connectivity index (χ1v) is 6.48. The number of nitrogens with zero attached hydrogens (tertiary/aromatic N) is 1. The highest BCUT2D eigenvalue weighted by Gasteiger charge is 2.14. The third kappa shape index (κ3) is 2.95. The molecule has 17 heavy (non-hydrogen) atoms. The molecule has 88 valence electrons. The van der Waals surface area contributed by atoms with Gasteiger partial charge in [-0.25, -0.2) is 0 Å². The molecule has 1 nitrogen and oxygen atoms in total. The minimum absolute atomic E-state index is 0.160. The Morgan fingerprint density at radius 2 is 1.65 bits per heavy atom. The van der Waals surface area contributed by atoms with Gasteiger partial charge in [-0.15, -0.1) is 0 Å². The molecule has 1 heterocycles. The second-order valence-electron chi connectivity index (χ2n) is 5.19. The van der Waals surface area contributed by atoms with Gasteiger partial charge in [0.15, 0.2) is 0 Å². The summed E-state index contributed by atoms with van der Waals surface area (Å²) in [7, 11) is 0. The Morgan fingerprint density at radius 3 is 2.24 bits per heavy atom. The van der Waals surface area contributed by atoms with Crippen molar-refractivity contribution in [2.75, 3.05) is 0 Å². The maximum Gasteiger partial charge on any atom is 0.0704 e. The summed E-state index contributed by atoms with van der Waals surface area (Å²) in [6.45, 7) is 6.65. The smallest absolute Gasteiger partial charge is 0.0704 e. The first kappa shape index (κ1) is 12.3. The van der Waals surface area contributed by atoms with E-state index in [-0.39, 0.29) is 5.41 Å². The van der Waals surface area contributed by atoms with Crippen molar-refractivity contribution in [2.24, 2.45) is 0 Å². The van der Waals surface area contributed by atoms with Crippen molar-refractivity contribution in [3.8, 4) is 11.3 Å². The van der Waals surface area contributed by atoms with Crippen LogP contribution in [0.4, 0.5) is 0 Å². The average Bonchev–Trinajstić information content (AvgIpc) is 2.29. The van der Waals surface area contributed by atoms with Gasteiger partial charge in [-0.3, -0.25) is 4.98 Å². The molecule has 0 aliphatic rings. The van der Waals surface area contributed by atoms with Crippen molar-refractivity contribution in [1.29, 1.82) is 0 Å². The van der Waals surface area contributed by atoms with Crippen LogP contribution in [0.15, 0.2) is 47.1 Å². The van der Waals surface area contributed by atoms with Crippen molar-refractivity contribution in [1.82, 2.24) is 4.98 Å². The highest BCUT2D eigenvalue weighted by Crippen LogP contribution is 2.26. The van der Waals surface area contributed by atoms with Crippen LogP contribution in [0.2, 0.25) is 0 Å². The van der Waals surface area contributed by atoms with Gasteiger partial charge in [-0.2, -0.15) is 0 Å². The second-order valence-corrected chi connectivity index (χ2v) is 6.10. The van der Waals surface area contributed by atoms with Gasteiger partial charge in [-0.1, -0.05) is 48.8 Å². The van der Waals surface area contributed by atoms with Crippen LogP contribution in [0.25, 0.3) is 11.3 Å². The summed E-state index contributed by atoms with van der Waals surface area (Å²) in [4.78, 5) is 4.44. The maximum atomic E-state index is 4.44. The van der Waals surface area contributed by atoms with Gasteiger partial charge in [0.2, 0.25) is 0 Å². The van der Waals surface area contributed by atoms with Gasteiger partial charge in [0, 0.05) is 16.2 Å². The third-order valence-electron chi connectivity index (χ3n) is 2.77. The van der Waals surface area contributed by atoms with Gasteiger partial charge in [-0.05, 0) is 35.2 Å². The molecule has 0 atom stereocenters. The molecule has 0 radical (unpaired) electrons. The summed E-state index contributed by atoms with van der Waals surface area (Å²) in [5.74, 6) is 0. The van der Waals surface area contributed by atoms with Crippen LogP contribution in [-0.4, -0.2) is 4.98 Å². The van der Waals surface area contributed by atoms with Gasteiger partial charge < -0.3 is 0 Å². The topological polar surface area (TPSA) is 12.9 Å². The summed E-state index contributed by atoms with van der Waals surface area (Å²) in [6.07, 6.45) is 1.89. The number of halogens is 1. The lowest BCUT2D eigenvalue weighted by atomic mass is 9.87. The SMILES string of the molecule is CC(C)(C)c1ccnc(-c2ccc(Br)cc2)c1. The van der Waals surface area contributed by atoms with Gasteiger partial charge in [0.05, 0.1) is 5.69 Å². The Hall–Kier alpha value is -1.15. The van der Waals surface area contributed by atoms with E-state index in [9.17, 15) is 0 Å². The van der Waals surface area contributed by atoms with E-state index < -0.39 is 0 Å². The zero-order chi connectivity index (χ0) is 12.5. The Balaban J connectivity index is 2.43. The predicted octanol–water partition coefficient (Wildman–Crippen LogP) is 4.81. The molecule has 0 saturated carbocycles. The number of aromatic nitrogens is 1. The number of hydrogen-bond donors (Lipinski definition) is 0. The number of hydrogen-bond acceptors (Lipinski definition) is 1. The molecule has 2 aromatic rings. The van der Waals surface area contributed by atoms with E-state index in [4.69, 9.17) is 0 Å². The second kappa shape index (κ2) is 4.61. The molecule has 2 rings (SSSR count). The zero-order valence-electron chi connectivity index (χ0n) is 10.4. The van der Waals surface area contributed by atoms with Gasteiger partial charge in [0.25, 0.3) is 0 Å². The summed E-state index contributed by atoms with van der Waals surface area (Å²) in [5.41, 5.74) is 3.65. The van der Waals surface area contributed by atoms with Crippen LogP contribution in [0.5, 0.6) is 0 Å². The van der Waals surface area contributed by atoms with E-state index in [1.807, 2.05) is 18.3 Å². The lowest BCUT2D eigenvalue weighted by molar-refractivity contribution is 0.589. The van der Waals surface area contributed by atoms with Crippen LogP contribution in [0.3, 0.4) is 0 Å². The molecule has 0 spiro atoms. The quantitative estimate of drug-likeness (QED) is 0.734. The maximum absolute atomic E-state index is 4.44. The monoisotopic (exact) mass is 289 g/mol. The van der Waals surface area contributed by atoms with Crippen molar-refractivity contribution < 1.29 is 0 Å². The van der Waals surface area contributed by atoms with Crippen molar-refractivity contribution in [2.45, 2.75) is 26.2 Å². The zero-order valence-corrected chi connectivity index (χ0v) is 12.0. The minimum atomic E-state index is 0.160. The lowest BCUT2D eigenvalue weighted by Gasteiger charge is -2.19. The first-order chi connectivity index (χ1) is 7.97. The molecule has 0 N–H and O–H groups in total. The molecule has 0 bridgehead atoms. The molecular formula is C15H16BrN. The predicted molar refractivity (Wildman–Crippen MR) is 76.1 cm³/mol. The molecule has 2 heteroatoms. The van der Waals surface area contributed by atoms with E-state index in [1.165, 1.54) is 5.56 Å². The highest BCUT2D eigenvalue weighted by atomic mass is 79.9. The van der Waals surface area contributed by atoms with Crippen molar-refractivity contribution >= 4 is 15.9 Å². The van der Waals surface area contributed by atoms with E-state index in [1.54, 1.807) is 0 Å². The fourth-order valence-corrected chi connectivity index (χ4v) is 1.94. The number of pyridine rings is 1. The molecule has 0 aliphatic heterocycles. The van der Waals surface area contributed by atoms with Gasteiger partial charge in [0.1, 0.15) is 0 Å². The fourth-order valence-electron chi connectivity index (χ4n) is 1.68. The Labute approximate surface area is 111 Å². The molecule has 1 aromatic heterocycles.